The van der Waals surface area contributed by atoms with Crippen LogP contribution in [0.2, 0.25) is 15.1 Å². The quantitative estimate of drug-likeness (QED) is 0.545. The Morgan fingerprint density at radius 1 is 0.957 bits per heavy atom. The van der Waals surface area contributed by atoms with Crippen LogP contribution in [0, 0.1) is 0 Å². The zero-order valence-electron chi connectivity index (χ0n) is 11.7. The van der Waals surface area contributed by atoms with Gasteiger partial charge in [0.1, 0.15) is 0 Å². The van der Waals surface area contributed by atoms with Crippen LogP contribution in [0.15, 0.2) is 42.5 Å². The molecule has 120 valence electrons. The fourth-order valence-corrected chi connectivity index (χ4v) is 2.45. The Labute approximate surface area is 154 Å². The summed E-state index contributed by atoms with van der Waals surface area (Å²) in [7, 11) is 0. The molecule has 0 saturated carbocycles. The van der Waals surface area contributed by atoms with Gasteiger partial charge in [0.05, 0.1) is 17.1 Å². The van der Waals surface area contributed by atoms with Gasteiger partial charge in [0.15, 0.2) is 5.11 Å². The van der Waals surface area contributed by atoms with Gasteiger partial charge in [-0.25, -0.2) is 0 Å². The van der Waals surface area contributed by atoms with E-state index in [2.05, 4.69) is 16.2 Å². The summed E-state index contributed by atoms with van der Waals surface area (Å²) in [6, 6.07) is 12.0. The van der Waals surface area contributed by atoms with Crippen LogP contribution in [0.3, 0.4) is 0 Å². The Morgan fingerprint density at radius 3 is 2.26 bits per heavy atom. The van der Waals surface area contributed by atoms with Gasteiger partial charge in [-0.05, 0) is 48.1 Å². The highest BCUT2D eigenvalue weighted by molar-refractivity contribution is 7.80. The van der Waals surface area contributed by atoms with Crippen LogP contribution in [-0.2, 0) is 11.2 Å². The number of benzene rings is 2. The standard InChI is InChI=1S/C15H12Cl3N3OS/c16-10-3-1-9(2-4-10)7-14(22)20-21-15(23)19-13-6-5-11(17)8-12(13)18/h1-6,8H,7H2,(H,20,22)(H2,19,21,23). The van der Waals surface area contributed by atoms with Crippen molar-refractivity contribution in [3.8, 4) is 0 Å². The highest BCUT2D eigenvalue weighted by atomic mass is 35.5. The zero-order chi connectivity index (χ0) is 16.8. The Balaban J connectivity index is 1.81. The summed E-state index contributed by atoms with van der Waals surface area (Å²) in [5.74, 6) is -0.237. The Bertz CT molecular complexity index is 722. The first-order valence-electron chi connectivity index (χ1n) is 6.49. The first-order chi connectivity index (χ1) is 10.9. The molecule has 0 atom stereocenters. The normalized spacial score (nSPS) is 10.0. The van der Waals surface area contributed by atoms with Crippen molar-refractivity contribution in [1.82, 2.24) is 10.9 Å². The second-order valence-electron chi connectivity index (χ2n) is 4.55. The molecular formula is C15H12Cl3N3OS. The van der Waals surface area contributed by atoms with Crippen molar-refractivity contribution in [2.24, 2.45) is 0 Å². The second kappa shape index (κ2) is 8.36. The van der Waals surface area contributed by atoms with Crippen LogP contribution in [0.5, 0.6) is 0 Å². The van der Waals surface area contributed by atoms with Gasteiger partial charge in [-0.3, -0.25) is 15.6 Å². The van der Waals surface area contributed by atoms with E-state index in [1.54, 1.807) is 42.5 Å². The van der Waals surface area contributed by atoms with Crippen LogP contribution < -0.4 is 16.2 Å². The van der Waals surface area contributed by atoms with Gasteiger partial charge in [-0.15, -0.1) is 0 Å². The number of carbonyl (C=O) groups is 1. The van der Waals surface area contributed by atoms with Crippen molar-refractivity contribution in [2.75, 3.05) is 5.32 Å². The highest BCUT2D eigenvalue weighted by Crippen LogP contribution is 2.25. The molecule has 0 aromatic heterocycles. The van der Waals surface area contributed by atoms with Gasteiger partial charge in [0.25, 0.3) is 0 Å². The minimum atomic E-state index is -0.237. The van der Waals surface area contributed by atoms with E-state index in [0.29, 0.717) is 20.8 Å². The minimum Gasteiger partial charge on any atom is -0.330 e. The molecule has 4 nitrogen and oxygen atoms in total. The topological polar surface area (TPSA) is 53.2 Å². The molecule has 0 saturated heterocycles. The SMILES string of the molecule is O=C(Cc1ccc(Cl)cc1)NNC(=S)Nc1ccc(Cl)cc1Cl. The summed E-state index contributed by atoms with van der Waals surface area (Å²) in [5.41, 5.74) is 6.53. The molecule has 0 spiro atoms. The molecule has 2 aromatic carbocycles. The van der Waals surface area contributed by atoms with Gasteiger partial charge >= 0.3 is 0 Å². The minimum absolute atomic E-state index is 0.203. The molecule has 23 heavy (non-hydrogen) atoms. The summed E-state index contributed by atoms with van der Waals surface area (Å²) < 4.78 is 0. The molecule has 0 heterocycles. The van der Waals surface area contributed by atoms with Crippen molar-refractivity contribution < 1.29 is 4.79 Å². The summed E-state index contributed by atoms with van der Waals surface area (Å²) in [6.07, 6.45) is 0.203. The fraction of sp³-hybridized carbons (Fsp3) is 0.0667. The largest absolute Gasteiger partial charge is 0.330 e. The van der Waals surface area contributed by atoms with Crippen LogP contribution in [-0.4, -0.2) is 11.0 Å². The summed E-state index contributed by atoms with van der Waals surface area (Å²) in [5, 5.41) is 4.64. The average Bonchev–Trinajstić information content (AvgIpc) is 2.50. The summed E-state index contributed by atoms with van der Waals surface area (Å²) >= 11 is 22.7. The number of nitrogens with one attached hydrogen (secondary N) is 3. The van der Waals surface area contributed by atoms with Crippen molar-refractivity contribution in [2.45, 2.75) is 6.42 Å². The van der Waals surface area contributed by atoms with E-state index in [9.17, 15) is 4.79 Å². The van der Waals surface area contributed by atoms with Crippen molar-refractivity contribution in [1.29, 1.82) is 0 Å². The summed E-state index contributed by atoms with van der Waals surface area (Å²) in [6.45, 7) is 0. The van der Waals surface area contributed by atoms with Gasteiger partial charge < -0.3 is 5.32 Å². The Kier molecular flexibility index (Phi) is 6.47. The lowest BCUT2D eigenvalue weighted by atomic mass is 10.1. The molecule has 2 aromatic rings. The van der Waals surface area contributed by atoms with E-state index in [-0.39, 0.29) is 17.4 Å². The predicted molar refractivity (Wildman–Crippen MR) is 99.1 cm³/mol. The lowest BCUT2D eigenvalue weighted by Crippen LogP contribution is -2.44. The third kappa shape index (κ3) is 5.88. The van der Waals surface area contributed by atoms with Crippen LogP contribution in [0.25, 0.3) is 0 Å². The lowest BCUT2D eigenvalue weighted by Gasteiger charge is -2.12. The maximum Gasteiger partial charge on any atom is 0.242 e. The molecule has 0 aliphatic rings. The molecular weight excluding hydrogens is 377 g/mol. The number of halogens is 3. The third-order valence-corrected chi connectivity index (χ3v) is 3.78. The van der Waals surface area contributed by atoms with E-state index in [0.717, 1.165) is 5.56 Å². The summed E-state index contributed by atoms with van der Waals surface area (Å²) in [4.78, 5) is 11.8. The average molecular weight is 389 g/mol. The van der Waals surface area contributed by atoms with Gasteiger partial charge in [0.2, 0.25) is 5.91 Å². The van der Waals surface area contributed by atoms with E-state index in [1.807, 2.05) is 0 Å². The van der Waals surface area contributed by atoms with Gasteiger partial charge in [-0.2, -0.15) is 0 Å². The molecule has 8 heteroatoms. The number of hydrazine groups is 1. The van der Waals surface area contributed by atoms with E-state index in [1.165, 1.54) is 0 Å². The van der Waals surface area contributed by atoms with E-state index in [4.69, 9.17) is 47.0 Å². The molecule has 1 amide bonds. The van der Waals surface area contributed by atoms with Crippen LogP contribution in [0.1, 0.15) is 5.56 Å². The smallest absolute Gasteiger partial charge is 0.242 e. The molecule has 0 aliphatic carbocycles. The third-order valence-electron chi connectivity index (χ3n) is 2.77. The molecule has 3 N–H and O–H groups in total. The second-order valence-corrected chi connectivity index (χ2v) is 6.24. The molecule has 2 rings (SSSR count). The highest BCUT2D eigenvalue weighted by Gasteiger charge is 2.06. The zero-order valence-corrected chi connectivity index (χ0v) is 14.8. The van der Waals surface area contributed by atoms with E-state index >= 15 is 0 Å². The van der Waals surface area contributed by atoms with Crippen molar-refractivity contribution >= 4 is 63.7 Å². The number of carbonyl (C=O) groups excluding carboxylic acids is 1. The first-order valence-corrected chi connectivity index (χ1v) is 8.03. The number of hydrogen-bond donors (Lipinski definition) is 3. The first kappa shape index (κ1) is 17.8. The van der Waals surface area contributed by atoms with Gasteiger partial charge in [-0.1, -0.05) is 46.9 Å². The molecule has 0 fully saturated rings. The maximum atomic E-state index is 11.8. The Hall–Kier alpha value is -1.53. The monoisotopic (exact) mass is 387 g/mol. The number of thiocarbonyl (C=S) groups is 1. The van der Waals surface area contributed by atoms with Crippen molar-refractivity contribution in [3.63, 3.8) is 0 Å². The number of rotatable bonds is 3. The van der Waals surface area contributed by atoms with E-state index < -0.39 is 0 Å². The number of amides is 1. The fourth-order valence-electron chi connectivity index (χ4n) is 1.70. The van der Waals surface area contributed by atoms with Crippen LogP contribution in [0.4, 0.5) is 5.69 Å². The van der Waals surface area contributed by atoms with Crippen LogP contribution >= 0.6 is 47.0 Å². The maximum absolute atomic E-state index is 11.8. The Morgan fingerprint density at radius 2 is 1.61 bits per heavy atom. The number of anilines is 1. The molecule has 0 unspecified atom stereocenters. The van der Waals surface area contributed by atoms with Crippen molar-refractivity contribution in [3.05, 3.63) is 63.1 Å². The predicted octanol–water partition coefficient (Wildman–Crippen LogP) is 4.21. The molecule has 0 aliphatic heterocycles. The lowest BCUT2D eigenvalue weighted by molar-refractivity contribution is -0.120. The van der Waals surface area contributed by atoms with Gasteiger partial charge in [0, 0.05) is 10.0 Å². The molecule has 0 bridgehead atoms. The molecule has 0 radical (unpaired) electrons. The number of hydrogen-bond acceptors (Lipinski definition) is 2.